The Morgan fingerprint density at radius 3 is 2.83 bits per heavy atom. The van der Waals surface area contributed by atoms with Crippen molar-refractivity contribution in [3.8, 4) is 0 Å². The maximum atomic E-state index is 10.5. The first-order chi connectivity index (χ1) is 8.66. The van der Waals surface area contributed by atoms with Gasteiger partial charge < -0.3 is 14.6 Å². The van der Waals surface area contributed by atoms with Crippen molar-refractivity contribution in [2.24, 2.45) is 7.05 Å². The van der Waals surface area contributed by atoms with Gasteiger partial charge in [-0.3, -0.25) is 4.68 Å². The Balaban J connectivity index is 2.05. The third kappa shape index (κ3) is 2.88. The second-order valence-electron chi connectivity index (χ2n) is 4.71. The van der Waals surface area contributed by atoms with Crippen molar-refractivity contribution in [1.82, 2.24) is 15.0 Å². The standard InChI is InChI=1S/C12H21N3O3/c1-3-18-12(4-6-17-7-5-12)11(16)8-10-9-15(2)14-13-10/h9,11,16H,3-8H2,1-2H3. The molecule has 2 rings (SSSR count). The predicted molar refractivity (Wildman–Crippen MR) is 65.1 cm³/mol. The van der Waals surface area contributed by atoms with Crippen LogP contribution in [0.15, 0.2) is 6.20 Å². The molecule has 1 saturated heterocycles. The van der Waals surface area contributed by atoms with E-state index < -0.39 is 11.7 Å². The van der Waals surface area contributed by atoms with Crippen molar-refractivity contribution < 1.29 is 14.6 Å². The summed E-state index contributed by atoms with van der Waals surface area (Å²) >= 11 is 0. The van der Waals surface area contributed by atoms with Crippen LogP contribution in [0.4, 0.5) is 0 Å². The molecule has 0 saturated carbocycles. The lowest BCUT2D eigenvalue weighted by Crippen LogP contribution is -2.50. The largest absolute Gasteiger partial charge is 0.390 e. The van der Waals surface area contributed by atoms with Gasteiger partial charge in [-0.15, -0.1) is 5.10 Å². The molecule has 0 amide bonds. The van der Waals surface area contributed by atoms with Crippen LogP contribution >= 0.6 is 0 Å². The fraction of sp³-hybridized carbons (Fsp3) is 0.833. The van der Waals surface area contributed by atoms with Gasteiger partial charge in [0.1, 0.15) is 0 Å². The SMILES string of the molecule is CCOC1(C(O)Cc2cn(C)nn2)CCOCC1. The van der Waals surface area contributed by atoms with Gasteiger partial charge in [0.2, 0.25) is 0 Å². The van der Waals surface area contributed by atoms with Crippen LogP contribution in [0.3, 0.4) is 0 Å². The van der Waals surface area contributed by atoms with E-state index in [-0.39, 0.29) is 0 Å². The second-order valence-corrected chi connectivity index (χ2v) is 4.71. The Morgan fingerprint density at radius 2 is 2.28 bits per heavy atom. The van der Waals surface area contributed by atoms with Crippen LogP contribution in [-0.2, 0) is 22.9 Å². The van der Waals surface area contributed by atoms with E-state index >= 15 is 0 Å². The highest BCUT2D eigenvalue weighted by molar-refractivity contribution is 5.01. The number of hydrogen-bond donors (Lipinski definition) is 1. The number of ether oxygens (including phenoxy) is 2. The molecule has 18 heavy (non-hydrogen) atoms. The molecule has 1 aromatic heterocycles. The van der Waals surface area contributed by atoms with Gasteiger partial charge in [0.05, 0.1) is 17.4 Å². The third-order valence-electron chi connectivity index (χ3n) is 3.43. The molecule has 0 bridgehead atoms. The normalized spacial score (nSPS) is 20.8. The summed E-state index contributed by atoms with van der Waals surface area (Å²) in [5, 5.41) is 18.3. The number of aliphatic hydroxyl groups excluding tert-OH is 1. The smallest absolute Gasteiger partial charge is 0.0987 e. The first-order valence-electron chi connectivity index (χ1n) is 6.41. The summed E-state index contributed by atoms with van der Waals surface area (Å²) in [4.78, 5) is 0. The number of hydrogen-bond acceptors (Lipinski definition) is 5. The maximum absolute atomic E-state index is 10.5. The van der Waals surface area contributed by atoms with Gasteiger partial charge in [-0.1, -0.05) is 5.21 Å². The van der Waals surface area contributed by atoms with Crippen molar-refractivity contribution in [3.63, 3.8) is 0 Å². The summed E-state index contributed by atoms with van der Waals surface area (Å²) in [6.45, 7) is 3.82. The van der Waals surface area contributed by atoms with Gasteiger partial charge in [0.25, 0.3) is 0 Å². The first-order valence-corrected chi connectivity index (χ1v) is 6.41. The van der Waals surface area contributed by atoms with E-state index in [0.29, 0.717) is 26.2 Å². The van der Waals surface area contributed by atoms with Crippen molar-refractivity contribution in [1.29, 1.82) is 0 Å². The summed E-state index contributed by atoms with van der Waals surface area (Å²) < 4.78 is 12.8. The van der Waals surface area contributed by atoms with Crippen LogP contribution in [-0.4, -0.2) is 51.6 Å². The minimum Gasteiger partial charge on any atom is -0.390 e. The van der Waals surface area contributed by atoms with Gasteiger partial charge in [-0.2, -0.15) is 0 Å². The van der Waals surface area contributed by atoms with E-state index in [1.165, 1.54) is 0 Å². The van der Waals surface area contributed by atoms with Crippen molar-refractivity contribution in [2.75, 3.05) is 19.8 Å². The minimum absolute atomic E-state index is 0.466. The number of aromatic nitrogens is 3. The van der Waals surface area contributed by atoms with Crippen molar-refractivity contribution in [2.45, 2.75) is 37.9 Å². The average Bonchev–Trinajstić information content (AvgIpc) is 2.76. The van der Waals surface area contributed by atoms with E-state index in [9.17, 15) is 5.11 Å². The topological polar surface area (TPSA) is 69.4 Å². The Hall–Kier alpha value is -0.980. The summed E-state index contributed by atoms with van der Waals surface area (Å²) in [7, 11) is 1.82. The molecule has 1 atom stereocenters. The Morgan fingerprint density at radius 1 is 1.56 bits per heavy atom. The van der Waals surface area contributed by atoms with Gasteiger partial charge in [-0.05, 0) is 6.92 Å². The molecule has 1 fully saturated rings. The molecule has 6 nitrogen and oxygen atoms in total. The fourth-order valence-corrected chi connectivity index (χ4v) is 2.45. The molecule has 0 radical (unpaired) electrons. The summed E-state index contributed by atoms with van der Waals surface area (Å²) in [5.74, 6) is 0. The zero-order chi connectivity index (χ0) is 13.0. The molecule has 1 aliphatic rings. The molecule has 0 spiro atoms. The van der Waals surface area contributed by atoms with Crippen LogP contribution < -0.4 is 0 Å². The van der Waals surface area contributed by atoms with Gasteiger partial charge >= 0.3 is 0 Å². The zero-order valence-corrected chi connectivity index (χ0v) is 11.0. The number of rotatable bonds is 5. The Kier molecular flexibility index (Phi) is 4.31. The molecule has 2 heterocycles. The number of aliphatic hydroxyl groups is 1. The quantitative estimate of drug-likeness (QED) is 0.819. The number of aryl methyl sites for hydroxylation is 1. The van der Waals surface area contributed by atoms with E-state index in [1.54, 1.807) is 4.68 Å². The Bertz CT molecular complexity index is 369. The Labute approximate surface area is 107 Å². The van der Waals surface area contributed by atoms with E-state index in [0.717, 1.165) is 18.5 Å². The average molecular weight is 255 g/mol. The highest BCUT2D eigenvalue weighted by Gasteiger charge is 2.40. The van der Waals surface area contributed by atoms with E-state index in [2.05, 4.69) is 10.3 Å². The van der Waals surface area contributed by atoms with Gasteiger partial charge in [0.15, 0.2) is 0 Å². The molecule has 1 aliphatic heterocycles. The van der Waals surface area contributed by atoms with Crippen molar-refractivity contribution in [3.05, 3.63) is 11.9 Å². The van der Waals surface area contributed by atoms with Crippen LogP contribution in [0.1, 0.15) is 25.5 Å². The summed E-state index contributed by atoms with van der Waals surface area (Å²) in [6.07, 6.45) is 3.17. The molecular formula is C12H21N3O3. The molecule has 1 unspecified atom stereocenters. The zero-order valence-electron chi connectivity index (χ0n) is 11.0. The lowest BCUT2D eigenvalue weighted by atomic mass is 9.85. The molecule has 0 aromatic carbocycles. The highest BCUT2D eigenvalue weighted by Crippen LogP contribution is 2.30. The van der Waals surface area contributed by atoms with E-state index in [4.69, 9.17) is 9.47 Å². The summed E-state index contributed by atoms with van der Waals surface area (Å²) in [6, 6.07) is 0. The van der Waals surface area contributed by atoms with Crippen molar-refractivity contribution >= 4 is 0 Å². The highest BCUT2D eigenvalue weighted by atomic mass is 16.5. The predicted octanol–water partition coefficient (Wildman–Crippen LogP) is 0.304. The van der Waals surface area contributed by atoms with Crippen LogP contribution in [0.2, 0.25) is 0 Å². The molecule has 1 N–H and O–H groups in total. The monoisotopic (exact) mass is 255 g/mol. The van der Waals surface area contributed by atoms with Crippen LogP contribution in [0, 0.1) is 0 Å². The third-order valence-corrected chi connectivity index (χ3v) is 3.43. The lowest BCUT2D eigenvalue weighted by molar-refractivity contribution is -0.165. The molecule has 1 aromatic rings. The van der Waals surface area contributed by atoms with Gasteiger partial charge in [0, 0.05) is 52.3 Å². The van der Waals surface area contributed by atoms with Crippen LogP contribution in [0.25, 0.3) is 0 Å². The minimum atomic E-state index is -0.571. The second kappa shape index (κ2) is 5.77. The lowest BCUT2D eigenvalue weighted by Gasteiger charge is -2.40. The first kappa shape index (κ1) is 13.5. The molecular weight excluding hydrogens is 234 g/mol. The number of nitrogens with zero attached hydrogens (tertiary/aromatic N) is 3. The maximum Gasteiger partial charge on any atom is 0.0987 e. The van der Waals surface area contributed by atoms with Gasteiger partial charge in [-0.25, -0.2) is 0 Å². The van der Waals surface area contributed by atoms with Crippen LogP contribution in [0.5, 0.6) is 0 Å². The van der Waals surface area contributed by atoms with E-state index in [1.807, 2.05) is 20.2 Å². The molecule has 102 valence electrons. The fourth-order valence-electron chi connectivity index (χ4n) is 2.45. The summed E-state index contributed by atoms with van der Waals surface area (Å²) in [5.41, 5.74) is 0.292. The molecule has 0 aliphatic carbocycles. The molecule has 6 heteroatoms.